The molecule has 1 aliphatic heterocycles. The van der Waals surface area contributed by atoms with Crippen molar-refractivity contribution < 1.29 is 9.53 Å². The summed E-state index contributed by atoms with van der Waals surface area (Å²) in [5, 5.41) is 3.23. The predicted molar refractivity (Wildman–Crippen MR) is 94.6 cm³/mol. The summed E-state index contributed by atoms with van der Waals surface area (Å²) in [7, 11) is 0. The molecule has 1 N–H and O–H groups in total. The smallest absolute Gasteiger partial charge is 0.223 e. The summed E-state index contributed by atoms with van der Waals surface area (Å²) in [6.45, 7) is 2.29. The number of nitrogens with one attached hydrogen (secondary N) is 1. The van der Waals surface area contributed by atoms with Crippen LogP contribution in [0.3, 0.4) is 0 Å². The highest BCUT2D eigenvalue weighted by atomic mass is 32.2. The summed E-state index contributed by atoms with van der Waals surface area (Å²) < 4.78 is 5.61. The Morgan fingerprint density at radius 3 is 2.70 bits per heavy atom. The first-order valence-electron chi connectivity index (χ1n) is 8.52. The van der Waals surface area contributed by atoms with Crippen LogP contribution in [0.4, 0.5) is 0 Å². The topological polar surface area (TPSA) is 38.3 Å². The van der Waals surface area contributed by atoms with Gasteiger partial charge in [-0.3, -0.25) is 4.79 Å². The molecule has 0 bridgehead atoms. The van der Waals surface area contributed by atoms with Crippen LogP contribution in [-0.4, -0.2) is 30.4 Å². The molecule has 0 aromatic heterocycles. The fraction of sp³-hybridized carbons (Fsp3) is 0.526. The van der Waals surface area contributed by atoms with Gasteiger partial charge in [-0.2, -0.15) is 0 Å². The second-order valence-electron chi connectivity index (χ2n) is 6.41. The molecule has 1 unspecified atom stereocenters. The molecule has 2 aliphatic rings. The van der Waals surface area contributed by atoms with Gasteiger partial charge in [0, 0.05) is 35.3 Å². The van der Waals surface area contributed by atoms with E-state index < -0.39 is 0 Å². The monoisotopic (exact) mass is 331 g/mol. The van der Waals surface area contributed by atoms with Crippen molar-refractivity contribution in [1.82, 2.24) is 5.32 Å². The Morgan fingerprint density at radius 2 is 2.00 bits per heavy atom. The highest BCUT2D eigenvalue weighted by Gasteiger charge is 2.34. The fourth-order valence-electron chi connectivity index (χ4n) is 3.22. The minimum atomic E-state index is 0.0553. The molecule has 3 nitrogen and oxygen atoms in total. The quantitative estimate of drug-likeness (QED) is 0.834. The number of hydrogen-bond acceptors (Lipinski definition) is 3. The molecule has 1 fully saturated rings. The highest BCUT2D eigenvalue weighted by molar-refractivity contribution is 8.00. The normalized spacial score (nSPS) is 23.4. The van der Waals surface area contributed by atoms with Crippen molar-refractivity contribution >= 4 is 17.7 Å². The van der Waals surface area contributed by atoms with E-state index >= 15 is 0 Å². The molecule has 0 saturated carbocycles. The van der Waals surface area contributed by atoms with Crippen LogP contribution in [0.15, 0.2) is 47.4 Å². The summed E-state index contributed by atoms with van der Waals surface area (Å²) in [4.78, 5) is 13.7. The number of thioether (sulfide) groups is 1. The number of allylic oxidation sites excluding steroid dienone is 2. The number of carbonyl (C=O) groups is 1. The van der Waals surface area contributed by atoms with E-state index in [1.165, 1.54) is 4.90 Å². The van der Waals surface area contributed by atoms with Crippen LogP contribution in [0.2, 0.25) is 0 Å². The van der Waals surface area contributed by atoms with Gasteiger partial charge in [0.25, 0.3) is 0 Å². The minimum Gasteiger partial charge on any atom is -0.381 e. The van der Waals surface area contributed by atoms with E-state index in [-0.39, 0.29) is 16.6 Å². The molecular weight excluding hydrogens is 306 g/mol. The van der Waals surface area contributed by atoms with Gasteiger partial charge in [0.15, 0.2) is 0 Å². The van der Waals surface area contributed by atoms with E-state index in [1.54, 1.807) is 0 Å². The molecule has 23 heavy (non-hydrogen) atoms. The van der Waals surface area contributed by atoms with Crippen LogP contribution in [0, 0.1) is 5.92 Å². The molecule has 124 valence electrons. The first-order chi connectivity index (χ1) is 11.3. The van der Waals surface area contributed by atoms with Gasteiger partial charge in [-0.15, -0.1) is 11.8 Å². The minimum absolute atomic E-state index is 0.0553. The number of rotatable bonds is 5. The Labute approximate surface area is 142 Å². The molecule has 4 heteroatoms. The lowest BCUT2D eigenvalue weighted by Crippen LogP contribution is -2.46. The lowest BCUT2D eigenvalue weighted by atomic mass is 9.93. The molecule has 1 amide bonds. The van der Waals surface area contributed by atoms with E-state index in [1.807, 2.05) is 17.8 Å². The van der Waals surface area contributed by atoms with Gasteiger partial charge in [0.05, 0.1) is 0 Å². The molecule has 1 heterocycles. The van der Waals surface area contributed by atoms with Crippen molar-refractivity contribution in [3.8, 4) is 0 Å². The van der Waals surface area contributed by atoms with Gasteiger partial charge in [0.2, 0.25) is 5.91 Å². The van der Waals surface area contributed by atoms with Crippen LogP contribution in [0.1, 0.15) is 32.1 Å². The summed E-state index contributed by atoms with van der Waals surface area (Å²) in [5.74, 6) is 0.368. The van der Waals surface area contributed by atoms with E-state index in [2.05, 4.69) is 41.7 Å². The first-order valence-corrected chi connectivity index (χ1v) is 9.34. The van der Waals surface area contributed by atoms with E-state index in [4.69, 9.17) is 4.74 Å². The molecule has 3 rings (SSSR count). The summed E-state index contributed by atoms with van der Waals surface area (Å²) in [6.07, 6.45) is 9.16. The Bertz CT molecular complexity index is 538. The summed E-state index contributed by atoms with van der Waals surface area (Å²) >= 11 is 1.89. The second-order valence-corrected chi connectivity index (χ2v) is 7.95. The van der Waals surface area contributed by atoms with Crippen molar-refractivity contribution in [1.29, 1.82) is 0 Å². The third kappa shape index (κ3) is 4.61. The fourth-order valence-corrected chi connectivity index (χ4v) is 4.53. The van der Waals surface area contributed by atoms with Crippen molar-refractivity contribution in [2.45, 2.75) is 41.7 Å². The van der Waals surface area contributed by atoms with Crippen LogP contribution in [-0.2, 0) is 9.53 Å². The van der Waals surface area contributed by atoms with Crippen LogP contribution in [0.5, 0.6) is 0 Å². The van der Waals surface area contributed by atoms with Gasteiger partial charge in [-0.1, -0.05) is 30.4 Å². The average molecular weight is 331 g/mol. The van der Waals surface area contributed by atoms with Gasteiger partial charge < -0.3 is 10.1 Å². The maximum Gasteiger partial charge on any atom is 0.223 e. The lowest BCUT2D eigenvalue weighted by Gasteiger charge is -2.37. The van der Waals surface area contributed by atoms with Gasteiger partial charge >= 0.3 is 0 Å². The van der Waals surface area contributed by atoms with E-state index in [0.717, 1.165) is 51.9 Å². The molecule has 1 saturated heterocycles. The summed E-state index contributed by atoms with van der Waals surface area (Å²) in [6, 6.07) is 10.5. The Kier molecular flexibility index (Phi) is 5.79. The second kappa shape index (κ2) is 8.02. The number of hydrogen-bond donors (Lipinski definition) is 1. The zero-order valence-electron chi connectivity index (χ0n) is 13.5. The Hall–Kier alpha value is -1.26. The molecule has 0 radical (unpaired) electrons. The third-order valence-electron chi connectivity index (χ3n) is 4.71. The number of carbonyl (C=O) groups excluding carboxylic acids is 1. The zero-order valence-corrected chi connectivity index (χ0v) is 14.3. The summed E-state index contributed by atoms with van der Waals surface area (Å²) in [5.41, 5.74) is 0. The Balaban J connectivity index is 1.62. The Morgan fingerprint density at radius 1 is 1.22 bits per heavy atom. The van der Waals surface area contributed by atoms with Crippen LogP contribution in [0.25, 0.3) is 0 Å². The van der Waals surface area contributed by atoms with E-state index in [0.29, 0.717) is 0 Å². The van der Waals surface area contributed by atoms with Crippen LogP contribution >= 0.6 is 11.8 Å². The number of ether oxygens (including phenoxy) is 1. The molecule has 1 aromatic rings. The lowest BCUT2D eigenvalue weighted by molar-refractivity contribution is -0.125. The van der Waals surface area contributed by atoms with Crippen molar-refractivity contribution in [3.05, 3.63) is 42.5 Å². The van der Waals surface area contributed by atoms with Gasteiger partial charge in [-0.25, -0.2) is 0 Å². The highest BCUT2D eigenvalue weighted by Crippen LogP contribution is 2.40. The van der Waals surface area contributed by atoms with Gasteiger partial charge in [0.1, 0.15) is 0 Å². The molecule has 0 spiro atoms. The molecule has 1 aliphatic carbocycles. The average Bonchev–Trinajstić information content (AvgIpc) is 2.62. The van der Waals surface area contributed by atoms with Crippen LogP contribution < -0.4 is 5.32 Å². The molecular formula is C19H25NO2S. The first kappa shape index (κ1) is 16.6. The number of amides is 1. The van der Waals surface area contributed by atoms with Crippen molar-refractivity contribution in [2.24, 2.45) is 5.92 Å². The predicted octanol–water partition coefficient (Wildman–Crippen LogP) is 3.80. The number of benzene rings is 1. The maximum absolute atomic E-state index is 12.4. The largest absolute Gasteiger partial charge is 0.381 e. The molecule has 1 aromatic carbocycles. The van der Waals surface area contributed by atoms with Gasteiger partial charge in [-0.05, 0) is 44.2 Å². The standard InChI is InChI=1S/C19H25NO2S/c21-18(16-7-3-1-4-8-16)20-15-19(11-13-22-14-12-19)23-17-9-5-2-6-10-17/h1-3,5-6,9-10,16H,4,7-8,11-15H2,(H,20,21). The SMILES string of the molecule is O=C(NCC1(Sc2ccccc2)CCOCC1)C1CC=CCC1. The van der Waals surface area contributed by atoms with E-state index in [9.17, 15) is 4.79 Å². The maximum atomic E-state index is 12.4. The van der Waals surface area contributed by atoms with Crippen molar-refractivity contribution in [2.75, 3.05) is 19.8 Å². The zero-order chi connectivity index (χ0) is 16.0. The molecule has 1 atom stereocenters. The van der Waals surface area contributed by atoms with Crippen molar-refractivity contribution in [3.63, 3.8) is 0 Å². The third-order valence-corrected chi connectivity index (χ3v) is 6.20.